The van der Waals surface area contributed by atoms with Crippen molar-refractivity contribution in [3.8, 4) is 0 Å². The number of likely N-dealkylation sites (tertiary alicyclic amines) is 2. The first-order valence-electron chi connectivity index (χ1n) is 22.6. The maximum absolute atomic E-state index is 14.8. The molecule has 1 aromatic heterocycles. The number of nitrogens with zero attached hydrogens (tertiary/aromatic N) is 3. The highest BCUT2D eigenvalue weighted by Gasteiger charge is 2.45. The number of ketones is 2. The Balaban J connectivity index is 1.09. The summed E-state index contributed by atoms with van der Waals surface area (Å²) in [6.45, 7) is 0.751. The normalized spacial score (nSPS) is 17.5. The Morgan fingerprint density at radius 2 is 1.47 bits per heavy atom. The monoisotopic (exact) mass is 919 g/mol. The molecule has 0 radical (unpaired) electrons. The number of para-hydroxylation sites is 2. The van der Waals surface area contributed by atoms with Crippen molar-refractivity contribution in [1.29, 1.82) is 0 Å². The third kappa shape index (κ3) is 12.7. The third-order valence-corrected chi connectivity index (χ3v) is 14.2. The zero-order valence-electron chi connectivity index (χ0n) is 36.9. The van der Waals surface area contributed by atoms with Gasteiger partial charge in [0.2, 0.25) is 11.7 Å². The van der Waals surface area contributed by atoms with E-state index in [2.05, 4.69) is 10.3 Å². The van der Waals surface area contributed by atoms with E-state index >= 15 is 0 Å². The molecule has 0 aliphatic carbocycles. The number of carbonyl (C=O) groups is 5. The predicted octanol–water partition coefficient (Wildman–Crippen LogP) is 6.93. The van der Waals surface area contributed by atoms with Crippen LogP contribution in [0.1, 0.15) is 73.2 Å². The molecule has 2 saturated heterocycles. The van der Waals surface area contributed by atoms with E-state index < -0.39 is 63.6 Å². The van der Waals surface area contributed by atoms with Crippen LogP contribution in [0.4, 0.5) is 9.59 Å². The topological polar surface area (TPSA) is 209 Å². The van der Waals surface area contributed by atoms with E-state index in [1.165, 1.54) is 9.80 Å². The molecule has 2 fully saturated rings. The minimum atomic E-state index is -3.51. The van der Waals surface area contributed by atoms with Gasteiger partial charge in [0.05, 0.1) is 23.2 Å². The second kappa shape index (κ2) is 22.7. The molecule has 7 rings (SSSR count). The summed E-state index contributed by atoms with van der Waals surface area (Å²) in [4.78, 5) is 78.1. The number of amides is 3. The minimum absolute atomic E-state index is 0.0329. The molecular weight excluding hydrogens is 863 g/mol. The van der Waals surface area contributed by atoms with Crippen LogP contribution in [0.3, 0.4) is 0 Å². The molecule has 15 nitrogen and oxygen atoms in total. The zero-order valence-corrected chi connectivity index (χ0v) is 37.7. The number of oxazole rings is 1. The second-order valence-corrected chi connectivity index (χ2v) is 19.1. The van der Waals surface area contributed by atoms with Crippen molar-refractivity contribution < 1.29 is 46.3 Å². The van der Waals surface area contributed by atoms with Crippen LogP contribution in [0, 0.1) is 11.8 Å². The molecule has 4 atom stereocenters. The molecule has 2 aliphatic rings. The summed E-state index contributed by atoms with van der Waals surface area (Å²) < 4.78 is 43.6. The van der Waals surface area contributed by atoms with Gasteiger partial charge in [-0.1, -0.05) is 97.4 Å². The molecule has 2 aliphatic heterocycles. The van der Waals surface area contributed by atoms with Gasteiger partial charge < -0.3 is 34.7 Å². The minimum Gasteiger partial charge on any atom is -0.445 e. The van der Waals surface area contributed by atoms with Crippen LogP contribution in [-0.4, -0.2) is 103 Å². The summed E-state index contributed by atoms with van der Waals surface area (Å²) in [5, 5.41) is 2.75. The van der Waals surface area contributed by atoms with Crippen molar-refractivity contribution in [1.82, 2.24) is 20.1 Å². The van der Waals surface area contributed by atoms with E-state index in [1.807, 2.05) is 60.7 Å². The number of carbonyl (C=O) groups excluding carboxylic acids is 5. The first kappa shape index (κ1) is 47.6. The number of benzene rings is 4. The van der Waals surface area contributed by atoms with Crippen LogP contribution in [0.15, 0.2) is 125 Å². The molecule has 0 spiro atoms. The number of unbranched alkanes of at least 4 members (excludes halogenated alkanes) is 1. The van der Waals surface area contributed by atoms with E-state index in [0.29, 0.717) is 56.2 Å². The Bertz CT molecular complexity index is 2500. The number of nitrogens with one attached hydrogen (secondary N) is 1. The fourth-order valence-electron chi connectivity index (χ4n) is 8.68. The fraction of sp³-hybridized carbons (Fsp3) is 0.400. The second-order valence-electron chi connectivity index (χ2n) is 17.1. The molecule has 5 aromatic rings. The van der Waals surface area contributed by atoms with Crippen LogP contribution in [0.2, 0.25) is 0 Å². The largest absolute Gasteiger partial charge is 0.445 e. The van der Waals surface area contributed by atoms with Crippen molar-refractivity contribution in [2.45, 2.75) is 87.5 Å². The number of alkyl carbamates (subject to hydrolysis) is 1. The number of ether oxygens (including phenoxy) is 2. The quantitative estimate of drug-likeness (QED) is 0.0602. The lowest BCUT2D eigenvalue weighted by molar-refractivity contribution is -0.139. The highest BCUT2D eigenvalue weighted by molar-refractivity contribution is 7.91. The van der Waals surface area contributed by atoms with Crippen molar-refractivity contribution in [3.63, 3.8) is 0 Å². The van der Waals surface area contributed by atoms with Crippen molar-refractivity contribution in [3.05, 3.63) is 132 Å². The van der Waals surface area contributed by atoms with E-state index in [0.717, 1.165) is 11.1 Å². The van der Waals surface area contributed by atoms with Gasteiger partial charge >= 0.3 is 12.2 Å². The van der Waals surface area contributed by atoms with Gasteiger partial charge in [0.1, 0.15) is 24.3 Å². The average Bonchev–Trinajstić information content (AvgIpc) is 3.97. The van der Waals surface area contributed by atoms with Gasteiger partial charge in [-0.05, 0) is 86.4 Å². The summed E-state index contributed by atoms with van der Waals surface area (Å²) >= 11 is 0. The van der Waals surface area contributed by atoms with Crippen LogP contribution in [0.25, 0.3) is 11.1 Å². The predicted molar refractivity (Wildman–Crippen MR) is 246 cm³/mol. The molecule has 0 bridgehead atoms. The van der Waals surface area contributed by atoms with Crippen LogP contribution >= 0.6 is 0 Å². The summed E-state index contributed by atoms with van der Waals surface area (Å²) in [7, 11) is -3.51. The summed E-state index contributed by atoms with van der Waals surface area (Å²) in [6.07, 6.45) is 0.301. The fourth-order valence-corrected chi connectivity index (χ4v) is 10.4. The maximum atomic E-state index is 14.8. The average molecular weight is 920 g/mol. The SMILES string of the molecule is NCCCC[C@H](CC(=O)[C@@H]1C[C@@H](OC(=O)N2CCC(CS(=O)(=O)c3ccccc3)CC2)CN1C(=O)[C@@H](CCc1ccccc1)NC(=O)OCc1ccccc1)C(=O)c1nc2ccccc2o1. The molecule has 16 heteroatoms. The van der Waals surface area contributed by atoms with Gasteiger partial charge in [0.15, 0.2) is 21.2 Å². The van der Waals surface area contributed by atoms with Gasteiger partial charge in [-0.15, -0.1) is 0 Å². The number of aromatic nitrogens is 1. The van der Waals surface area contributed by atoms with Crippen LogP contribution in [0.5, 0.6) is 0 Å². The number of nitrogens with two attached hydrogens (primary N) is 1. The molecule has 348 valence electrons. The Kier molecular flexibility index (Phi) is 16.3. The van der Waals surface area contributed by atoms with Crippen LogP contribution < -0.4 is 11.1 Å². The Morgan fingerprint density at radius 3 is 2.15 bits per heavy atom. The van der Waals surface area contributed by atoms with Crippen LogP contribution in [-0.2, 0) is 41.9 Å². The Labute approximate surface area is 384 Å². The molecule has 3 N–H and O–H groups in total. The van der Waals surface area contributed by atoms with E-state index in [-0.39, 0.29) is 68.0 Å². The van der Waals surface area contributed by atoms with Gasteiger partial charge in [-0.25, -0.2) is 23.0 Å². The van der Waals surface area contributed by atoms with E-state index in [4.69, 9.17) is 19.6 Å². The number of piperidine rings is 1. The first-order valence-corrected chi connectivity index (χ1v) is 24.3. The van der Waals surface area contributed by atoms with Gasteiger partial charge in [-0.2, -0.15) is 0 Å². The number of aryl methyl sites for hydroxylation is 1. The number of hydrogen-bond acceptors (Lipinski definition) is 12. The molecule has 3 heterocycles. The van der Waals surface area contributed by atoms with Gasteiger partial charge in [0.25, 0.3) is 5.89 Å². The molecule has 4 aromatic carbocycles. The summed E-state index contributed by atoms with van der Waals surface area (Å²) in [6, 6.07) is 31.6. The van der Waals surface area contributed by atoms with E-state index in [9.17, 15) is 32.4 Å². The summed E-state index contributed by atoms with van der Waals surface area (Å²) in [5.41, 5.74) is 8.42. The lowest BCUT2D eigenvalue weighted by Gasteiger charge is -2.32. The highest BCUT2D eigenvalue weighted by atomic mass is 32.2. The number of hydrogen-bond donors (Lipinski definition) is 2. The Hall–Kier alpha value is -6.39. The number of rotatable bonds is 20. The molecular formula is C50H57N5O10S. The highest BCUT2D eigenvalue weighted by Crippen LogP contribution is 2.30. The van der Waals surface area contributed by atoms with Gasteiger partial charge in [-0.3, -0.25) is 14.4 Å². The number of fused-ring (bicyclic) bond motifs is 1. The van der Waals surface area contributed by atoms with Crippen molar-refractivity contribution in [2.24, 2.45) is 17.6 Å². The number of Topliss-reactive ketones (excluding diaryl/α,β-unsaturated/α-hetero) is 2. The first-order chi connectivity index (χ1) is 32.0. The van der Waals surface area contributed by atoms with E-state index in [1.54, 1.807) is 54.6 Å². The maximum Gasteiger partial charge on any atom is 0.410 e. The van der Waals surface area contributed by atoms with Gasteiger partial charge in [0, 0.05) is 31.8 Å². The number of sulfone groups is 1. The standard InChI is InChI=1S/C50H57N5O10S/c51-27-13-12-18-38(46(57)47-52-41-21-10-11-22-45(41)65-47)30-44(56)43-31-39(64-50(60)54-28-25-37(26-29-54)34-66(61,62)40-19-8-3-9-20-40)32-55(43)48(58)42(24-23-35-14-4-1-5-15-35)53-49(59)63-33-36-16-6-2-7-17-36/h1-11,14-17,19-22,37-39,42-43H,12-13,18,23-34,51H2,(H,53,59)/t38-,39-,42-,43+/m1/s1. The molecule has 0 saturated carbocycles. The smallest absolute Gasteiger partial charge is 0.410 e. The Morgan fingerprint density at radius 1 is 0.818 bits per heavy atom. The van der Waals surface area contributed by atoms with Crippen molar-refractivity contribution in [2.75, 3.05) is 31.9 Å². The molecule has 0 unspecified atom stereocenters. The molecule has 66 heavy (non-hydrogen) atoms. The summed E-state index contributed by atoms with van der Waals surface area (Å²) in [5.74, 6) is -2.58. The lowest BCUT2D eigenvalue weighted by Crippen LogP contribution is -2.52. The third-order valence-electron chi connectivity index (χ3n) is 12.3. The molecule has 3 amide bonds. The lowest BCUT2D eigenvalue weighted by atomic mass is 9.89. The zero-order chi connectivity index (χ0) is 46.5. The van der Waals surface area contributed by atoms with Crippen molar-refractivity contribution >= 4 is 50.6 Å².